The van der Waals surface area contributed by atoms with E-state index in [2.05, 4.69) is 59.7 Å². The van der Waals surface area contributed by atoms with Gasteiger partial charge in [-0.1, -0.05) is 54.8 Å². The number of rotatable bonds is 7. The van der Waals surface area contributed by atoms with Crippen molar-refractivity contribution in [1.82, 2.24) is 15.5 Å². The highest BCUT2D eigenvalue weighted by Gasteiger charge is 2.36. The molecule has 0 bridgehead atoms. The van der Waals surface area contributed by atoms with Crippen molar-refractivity contribution in [2.45, 2.75) is 57.4 Å². The molecular formula is C23H33N3O2. The molecule has 152 valence electrons. The Morgan fingerprint density at radius 3 is 2.64 bits per heavy atom. The Morgan fingerprint density at radius 2 is 1.96 bits per heavy atom. The number of hydrogen-bond donors (Lipinski definition) is 2. The molecule has 2 fully saturated rings. The van der Waals surface area contributed by atoms with E-state index in [0.717, 1.165) is 19.4 Å². The van der Waals surface area contributed by atoms with Crippen molar-refractivity contribution in [3.8, 4) is 0 Å². The summed E-state index contributed by atoms with van der Waals surface area (Å²) in [4.78, 5) is 27.2. The number of carbonyl (C=O) groups excluding carboxylic acids is 2. The topological polar surface area (TPSA) is 61.4 Å². The van der Waals surface area contributed by atoms with Gasteiger partial charge >= 0.3 is 0 Å². The molecule has 5 nitrogen and oxygen atoms in total. The van der Waals surface area contributed by atoms with Gasteiger partial charge in [0.15, 0.2) is 0 Å². The van der Waals surface area contributed by atoms with Crippen LogP contribution in [0.2, 0.25) is 0 Å². The first-order valence-electron chi connectivity index (χ1n) is 10.5. The summed E-state index contributed by atoms with van der Waals surface area (Å²) in [6, 6.07) is 10.1. The molecule has 1 aliphatic heterocycles. The van der Waals surface area contributed by atoms with Crippen molar-refractivity contribution in [3.63, 3.8) is 0 Å². The van der Waals surface area contributed by atoms with E-state index in [1.807, 2.05) is 6.07 Å². The fourth-order valence-corrected chi connectivity index (χ4v) is 4.43. The molecule has 2 amide bonds. The van der Waals surface area contributed by atoms with Crippen molar-refractivity contribution in [2.24, 2.45) is 0 Å². The van der Waals surface area contributed by atoms with Crippen LogP contribution < -0.4 is 10.6 Å². The van der Waals surface area contributed by atoms with E-state index in [0.29, 0.717) is 19.6 Å². The second-order valence-corrected chi connectivity index (χ2v) is 8.42. The minimum absolute atomic E-state index is 0.0352. The molecule has 28 heavy (non-hydrogen) atoms. The normalized spacial score (nSPS) is 21.8. The molecule has 1 aromatic carbocycles. The number of allylic oxidation sites excluding steroid dienone is 1. The lowest BCUT2D eigenvalue weighted by atomic mass is 9.79. The van der Waals surface area contributed by atoms with Crippen LogP contribution in [0.3, 0.4) is 0 Å². The second kappa shape index (κ2) is 9.37. The van der Waals surface area contributed by atoms with Crippen molar-refractivity contribution < 1.29 is 9.59 Å². The van der Waals surface area contributed by atoms with Crippen LogP contribution in [0.15, 0.2) is 42.0 Å². The first-order valence-corrected chi connectivity index (χ1v) is 10.5. The second-order valence-electron chi connectivity index (χ2n) is 8.42. The zero-order valence-electron chi connectivity index (χ0n) is 17.2. The Kier molecular flexibility index (Phi) is 6.89. The van der Waals surface area contributed by atoms with Gasteiger partial charge in [-0.05, 0) is 32.3 Å². The lowest BCUT2D eigenvalue weighted by Gasteiger charge is -2.34. The van der Waals surface area contributed by atoms with E-state index in [1.54, 1.807) is 0 Å². The molecule has 1 aromatic rings. The summed E-state index contributed by atoms with van der Waals surface area (Å²) in [5, 5.41) is 6.06. The van der Waals surface area contributed by atoms with E-state index >= 15 is 0 Å². The molecule has 1 aliphatic carbocycles. The summed E-state index contributed by atoms with van der Waals surface area (Å²) in [7, 11) is 0. The Morgan fingerprint density at radius 1 is 1.25 bits per heavy atom. The van der Waals surface area contributed by atoms with E-state index in [4.69, 9.17) is 0 Å². The molecule has 2 aliphatic rings. The minimum atomic E-state index is -0.388. The van der Waals surface area contributed by atoms with Crippen LogP contribution in [0.25, 0.3) is 0 Å². The number of piperazine rings is 1. The molecule has 1 heterocycles. The van der Waals surface area contributed by atoms with E-state index in [9.17, 15) is 9.59 Å². The molecule has 3 rings (SSSR count). The average molecular weight is 384 g/mol. The minimum Gasteiger partial charge on any atom is -0.355 e. The number of hydrogen-bond acceptors (Lipinski definition) is 3. The van der Waals surface area contributed by atoms with Crippen molar-refractivity contribution >= 4 is 11.8 Å². The Bertz CT molecular complexity index is 704. The van der Waals surface area contributed by atoms with Crippen molar-refractivity contribution in [1.29, 1.82) is 0 Å². The third-order valence-corrected chi connectivity index (χ3v) is 6.13. The number of nitrogens with one attached hydrogen (secondary N) is 2. The van der Waals surface area contributed by atoms with Crippen LogP contribution in [-0.2, 0) is 15.0 Å². The SMILES string of the molecule is CC(C)=CCN1CCNC(=O)C1CC(=O)NCC1(c2ccccc2)CCCC1. The van der Waals surface area contributed by atoms with Gasteiger partial charge in [0.25, 0.3) is 0 Å². The molecule has 2 N–H and O–H groups in total. The summed E-state index contributed by atoms with van der Waals surface area (Å²) in [6.45, 7) is 6.89. The van der Waals surface area contributed by atoms with Gasteiger partial charge in [-0.25, -0.2) is 0 Å². The summed E-state index contributed by atoms with van der Waals surface area (Å²) in [5.41, 5.74) is 2.57. The zero-order valence-corrected chi connectivity index (χ0v) is 17.2. The maximum atomic E-state index is 12.7. The van der Waals surface area contributed by atoms with E-state index < -0.39 is 0 Å². The highest BCUT2D eigenvalue weighted by atomic mass is 16.2. The predicted octanol–water partition coefficient (Wildman–Crippen LogP) is 2.77. The van der Waals surface area contributed by atoms with Crippen molar-refractivity contribution in [3.05, 3.63) is 47.5 Å². The molecule has 1 atom stereocenters. The van der Waals surface area contributed by atoms with Crippen LogP contribution in [-0.4, -0.2) is 48.9 Å². The molecule has 0 spiro atoms. The van der Waals surface area contributed by atoms with Gasteiger partial charge in [-0.3, -0.25) is 14.5 Å². The largest absolute Gasteiger partial charge is 0.355 e. The summed E-state index contributed by atoms with van der Waals surface area (Å²) < 4.78 is 0. The Hall–Kier alpha value is -2.14. The van der Waals surface area contributed by atoms with Crippen molar-refractivity contribution in [2.75, 3.05) is 26.2 Å². The predicted molar refractivity (Wildman–Crippen MR) is 112 cm³/mol. The van der Waals surface area contributed by atoms with Gasteiger partial charge in [0, 0.05) is 31.6 Å². The van der Waals surface area contributed by atoms with Crippen LogP contribution in [0.4, 0.5) is 0 Å². The first-order chi connectivity index (χ1) is 13.5. The lowest BCUT2D eigenvalue weighted by molar-refractivity contribution is -0.133. The monoisotopic (exact) mass is 383 g/mol. The Balaban J connectivity index is 1.62. The van der Waals surface area contributed by atoms with E-state index in [1.165, 1.54) is 24.0 Å². The maximum absolute atomic E-state index is 12.7. The van der Waals surface area contributed by atoms with Gasteiger partial charge in [-0.2, -0.15) is 0 Å². The van der Waals surface area contributed by atoms with Gasteiger partial charge in [0.1, 0.15) is 0 Å². The highest BCUT2D eigenvalue weighted by molar-refractivity contribution is 5.88. The fraction of sp³-hybridized carbons (Fsp3) is 0.565. The quantitative estimate of drug-likeness (QED) is 0.712. The van der Waals surface area contributed by atoms with Gasteiger partial charge in [0.2, 0.25) is 11.8 Å². The zero-order chi connectivity index (χ0) is 20.0. The maximum Gasteiger partial charge on any atom is 0.237 e. The molecule has 0 aromatic heterocycles. The molecule has 1 unspecified atom stereocenters. The molecule has 5 heteroatoms. The number of amides is 2. The smallest absolute Gasteiger partial charge is 0.237 e. The standard InChI is InChI=1S/C23H33N3O2/c1-18(2)10-14-26-15-13-24-22(28)20(26)16-21(27)25-17-23(11-6-7-12-23)19-8-4-3-5-9-19/h3-5,8-10,20H,6-7,11-17H2,1-2H3,(H,24,28)(H,25,27). The summed E-state index contributed by atoms with van der Waals surface area (Å²) in [5.74, 6) is -0.0753. The summed E-state index contributed by atoms with van der Waals surface area (Å²) >= 11 is 0. The van der Waals surface area contributed by atoms with Crippen LogP contribution in [0, 0.1) is 0 Å². The highest BCUT2D eigenvalue weighted by Crippen LogP contribution is 2.40. The average Bonchev–Trinajstić information content (AvgIpc) is 3.18. The van der Waals surface area contributed by atoms with Gasteiger partial charge < -0.3 is 10.6 Å². The lowest BCUT2D eigenvalue weighted by Crippen LogP contribution is -2.56. The van der Waals surface area contributed by atoms with Crippen LogP contribution in [0.5, 0.6) is 0 Å². The van der Waals surface area contributed by atoms with Crippen LogP contribution in [0.1, 0.15) is 51.5 Å². The third-order valence-electron chi connectivity index (χ3n) is 6.13. The van der Waals surface area contributed by atoms with Crippen LogP contribution >= 0.6 is 0 Å². The van der Waals surface area contributed by atoms with Gasteiger partial charge in [-0.15, -0.1) is 0 Å². The fourth-order valence-electron chi connectivity index (χ4n) is 4.43. The molecule has 1 saturated carbocycles. The summed E-state index contributed by atoms with van der Waals surface area (Å²) in [6.07, 6.45) is 6.94. The number of nitrogens with zero attached hydrogens (tertiary/aromatic N) is 1. The number of benzene rings is 1. The number of carbonyl (C=O) groups is 2. The molecule has 0 radical (unpaired) electrons. The first kappa shape index (κ1) is 20.6. The molecule has 1 saturated heterocycles. The third kappa shape index (κ3) is 5.02. The Labute approximate surface area is 168 Å². The molecular weight excluding hydrogens is 350 g/mol. The van der Waals surface area contributed by atoms with Gasteiger partial charge in [0.05, 0.1) is 12.5 Å². The van der Waals surface area contributed by atoms with E-state index in [-0.39, 0.29) is 29.7 Å².